The molecule has 0 aromatic heterocycles. The zero-order valence-corrected chi connectivity index (χ0v) is 11.4. The fraction of sp³-hybridized carbons (Fsp3) is 0.333. The number of rotatable bonds is 4. The van der Waals surface area contributed by atoms with Crippen LogP contribution in [0.1, 0.15) is 18.9 Å². The monoisotopic (exact) mass is 256 g/mol. The maximum Gasteiger partial charge on any atom is 0.212 e. The van der Waals surface area contributed by atoms with Crippen molar-refractivity contribution in [1.29, 1.82) is 0 Å². The van der Waals surface area contributed by atoms with Crippen LogP contribution in [-0.4, -0.2) is 14.7 Å². The van der Waals surface area contributed by atoms with Gasteiger partial charge in [0.05, 0.1) is 4.90 Å². The standard InChI is InChI=1S/C12H16O2S2/c1-4-5-12(15-3)16(13,14)11-8-6-10(2)7-9-11/h5-9H,4H2,1-3H3. The molecular formula is C12H16O2S2. The topological polar surface area (TPSA) is 34.1 Å². The maximum atomic E-state index is 12.2. The minimum Gasteiger partial charge on any atom is -0.218 e. The van der Waals surface area contributed by atoms with E-state index in [1.807, 2.05) is 26.0 Å². The molecular weight excluding hydrogens is 240 g/mol. The van der Waals surface area contributed by atoms with Crippen molar-refractivity contribution in [3.63, 3.8) is 0 Å². The Labute approximate surface area is 102 Å². The Hall–Kier alpha value is -0.740. The second-order valence-electron chi connectivity index (χ2n) is 3.45. The molecule has 0 saturated carbocycles. The van der Waals surface area contributed by atoms with E-state index in [9.17, 15) is 8.42 Å². The number of hydrogen-bond acceptors (Lipinski definition) is 3. The minimum atomic E-state index is -3.31. The number of benzene rings is 1. The molecule has 0 N–H and O–H groups in total. The normalized spacial score (nSPS) is 12.8. The van der Waals surface area contributed by atoms with Gasteiger partial charge in [0.15, 0.2) is 0 Å². The number of hydrogen-bond donors (Lipinski definition) is 0. The van der Waals surface area contributed by atoms with Crippen molar-refractivity contribution in [2.45, 2.75) is 25.2 Å². The molecule has 0 radical (unpaired) electrons. The van der Waals surface area contributed by atoms with Gasteiger partial charge in [-0.25, -0.2) is 8.42 Å². The van der Waals surface area contributed by atoms with Gasteiger partial charge in [-0.05, 0) is 31.7 Å². The van der Waals surface area contributed by atoms with E-state index in [-0.39, 0.29) is 0 Å². The predicted molar refractivity (Wildman–Crippen MR) is 70.3 cm³/mol. The molecule has 1 aromatic rings. The summed E-state index contributed by atoms with van der Waals surface area (Å²) in [5.74, 6) is 0. The summed E-state index contributed by atoms with van der Waals surface area (Å²) in [7, 11) is -3.31. The van der Waals surface area contributed by atoms with E-state index >= 15 is 0 Å². The van der Waals surface area contributed by atoms with Gasteiger partial charge in [0, 0.05) is 0 Å². The smallest absolute Gasteiger partial charge is 0.212 e. The largest absolute Gasteiger partial charge is 0.218 e. The molecule has 2 nitrogen and oxygen atoms in total. The average molecular weight is 256 g/mol. The third-order valence-electron chi connectivity index (χ3n) is 2.17. The van der Waals surface area contributed by atoms with Crippen molar-refractivity contribution in [2.75, 3.05) is 6.26 Å². The Bertz CT molecular complexity index is 470. The van der Waals surface area contributed by atoms with Gasteiger partial charge >= 0.3 is 0 Å². The van der Waals surface area contributed by atoms with E-state index in [1.165, 1.54) is 11.8 Å². The lowest BCUT2D eigenvalue weighted by molar-refractivity contribution is 0.604. The molecule has 0 aliphatic heterocycles. The molecule has 0 aliphatic carbocycles. The van der Waals surface area contributed by atoms with Gasteiger partial charge < -0.3 is 0 Å². The van der Waals surface area contributed by atoms with Gasteiger partial charge in [-0.3, -0.25) is 0 Å². The summed E-state index contributed by atoms with van der Waals surface area (Å²) in [6.45, 7) is 3.87. The van der Waals surface area contributed by atoms with E-state index in [1.54, 1.807) is 24.5 Å². The minimum absolute atomic E-state index is 0.368. The lowest BCUT2D eigenvalue weighted by Gasteiger charge is -2.06. The number of thioether (sulfide) groups is 1. The van der Waals surface area contributed by atoms with Gasteiger partial charge in [-0.1, -0.05) is 30.7 Å². The highest BCUT2D eigenvalue weighted by molar-refractivity contribution is 8.18. The second kappa shape index (κ2) is 5.55. The Balaban J connectivity index is 3.20. The molecule has 4 heteroatoms. The SMILES string of the molecule is CCC=C(SC)S(=O)(=O)c1ccc(C)cc1. The first-order chi connectivity index (χ1) is 7.52. The third kappa shape index (κ3) is 2.89. The van der Waals surface area contributed by atoms with Gasteiger partial charge in [0.1, 0.15) is 4.24 Å². The Morgan fingerprint density at radius 3 is 2.31 bits per heavy atom. The number of aryl methyl sites for hydroxylation is 1. The summed E-state index contributed by atoms with van der Waals surface area (Å²) in [6, 6.07) is 6.95. The first-order valence-electron chi connectivity index (χ1n) is 5.08. The summed E-state index contributed by atoms with van der Waals surface area (Å²) in [4.78, 5) is 0.368. The molecule has 16 heavy (non-hydrogen) atoms. The second-order valence-corrected chi connectivity index (χ2v) is 6.48. The zero-order valence-electron chi connectivity index (χ0n) is 9.73. The Morgan fingerprint density at radius 2 is 1.88 bits per heavy atom. The molecule has 88 valence electrons. The quantitative estimate of drug-likeness (QED) is 0.828. The average Bonchev–Trinajstić information content (AvgIpc) is 2.26. The van der Waals surface area contributed by atoms with Crippen LogP contribution in [0.25, 0.3) is 0 Å². The van der Waals surface area contributed by atoms with Crippen LogP contribution in [-0.2, 0) is 9.84 Å². The molecule has 0 bridgehead atoms. The molecule has 0 fully saturated rings. The fourth-order valence-corrected chi connectivity index (χ4v) is 3.92. The van der Waals surface area contributed by atoms with Gasteiger partial charge in [-0.15, -0.1) is 11.8 Å². The summed E-state index contributed by atoms with van der Waals surface area (Å²) >= 11 is 1.27. The number of allylic oxidation sites excluding steroid dienone is 1. The molecule has 0 spiro atoms. The maximum absolute atomic E-state index is 12.2. The molecule has 0 atom stereocenters. The van der Waals surface area contributed by atoms with Crippen LogP contribution < -0.4 is 0 Å². The lowest BCUT2D eigenvalue weighted by atomic mass is 10.2. The molecule has 0 unspecified atom stereocenters. The first-order valence-corrected chi connectivity index (χ1v) is 7.79. The van der Waals surface area contributed by atoms with E-state index in [0.717, 1.165) is 12.0 Å². The van der Waals surface area contributed by atoms with E-state index < -0.39 is 9.84 Å². The van der Waals surface area contributed by atoms with Crippen molar-refractivity contribution >= 4 is 21.6 Å². The van der Waals surface area contributed by atoms with Crippen LogP contribution in [0.2, 0.25) is 0 Å². The summed E-state index contributed by atoms with van der Waals surface area (Å²) < 4.78 is 24.8. The van der Waals surface area contributed by atoms with Crippen molar-refractivity contribution in [3.05, 3.63) is 40.1 Å². The highest BCUT2D eigenvalue weighted by atomic mass is 32.3. The van der Waals surface area contributed by atoms with E-state index in [4.69, 9.17) is 0 Å². The van der Waals surface area contributed by atoms with Crippen molar-refractivity contribution < 1.29 is 8.42 Å². The van der Waals surface area contributed by atoms with Gasteiger partial charge in [0.2, 0.25) is 9.84 Å². The van der Waals surface area contributed by atoms with Gasteiger partial charge in [-0.2, -0.15) is 0 Å². The van der Waals surface area contributed by atoms with Crippen LogP contribution in [0.15, 0.2) is 39.5 Å². The molecule has 0 heterocycles. The molecule has 0 aliphatic rings. The summed E-state index contributed by atoms with van der Waals surface area (Å²) in [6.07, 6.45) is 4.26. The summed E-state index contributed by atoms with van der Waals surface area (Å²) in [5, 5.41) is 0. The van der Waals surface area contributed by atoms with Crippen LogP contribution in [0, 0.1) is 6.92 Å². The Kier molecular flexibility index (Phi) is 4.62. The third-order valence-corrected chi connectivity index (χ3v) is 5.48. The lowest BCUT2D eigenvalue weighted by Crippen LogP contribution is -2.02. The molecule has 1 rings (SSSR count). The summed E-state index contributed by atoms with van der Waals surface area (Å²) in [5.41, 5.74) is 1.06. The highest BCUT2D eigenvalue weighted by Gasteiger charge is 2.19. The van der Waals surface area contributed by atoms with Crippen molar-refractivity contribution in [1.82, 2.24) is 0 Å². The predicted octanol–water partition coefficient (Wildman–Crippen LogP) is 3.38. The van der Waals surface area contributed by atoms with E-state index in [0.29, 0.717) is 9.13 Å². The van der Waals surface area contributed by atoms with Crippen LogP contribution in [0.4, 0.5) is 0 Å². The molecule has 1 aromatic carbocycles. The number of sulfone groups is 1. The molecule has 0 saturated heterocycles. The van der Waals surface area contributed by atoms with Crippen LogP contribution in [0.5, 0.6) is 0 Å². The first kappa shape index (κ1) is 13.3. The fourth-order valence-electron chi connectivity index (χ4n) is 1.30. The highest BCUT2D eigenvalue weighted by Crippen LogP contribution is 2.27. The van der Waals surface area contributed by atoms with Crippen molar-refractivity contribution in [2.24, 2.45) is 0 Å². The Morgan fingerprint density at radius 1 is 1.31 bits per heavy atom. The molecule has 0 amide bonds. The van der Waals surface area contributed by atoms with Gasteiger partial charge in [0.25, 0.3) is 0 Å². The van der Waals surface area contributed by atoms with E-state index in [2.05, 4.69) is 0 Å². The van der Waals surface area contributed by atoms with Crippen LogP contribution in [0.3, 0.4) is 0 Å². The van der Waals surface area contributed by atoms with Crippen molar-refractivity contribution in [3.8, 4) is 0 Å². The zero-order chi connectivity index (χ0) is 12.2. The van der Waals surface area contributed by atoms with Crippen LogP contribution >= 0.6 is 11.8 Å².